The topological polar surface area (TPSA) is 17.8 Å². The maximum absolute atomic E-state index is 13.0. The Kier molecular flexibility index (Phi) is 1.80. The van der Waals surface area contributed by atoms with Crippen molar-refractivity contribution in [3.05, 3.63) is 30.0 Å². The van der Waals surface area contributed by atoms with E-state index in [-0.39, 0.29) is 5.56 Å². The summed E-state index contributed by atoms with van der Waals surface area (Å²) in [5.74, 6) is -2.79. The van der Waals surface area contributed by atoms with Crippen molar-refractivity contribution in [2.75, 3.05) is 0 Å². The fourth-order valence-electron chi connectivity index (χ4n) is 1.42. The number of halogens is 2. The van der Waals surface area contributed by atoms with Crippen LogP contribution in [0.4, 0.5) is 8.78 Å². The molecule has 1 aromatic carbocycles. The molecule has 0 N–H and O–H groups in total. The Morgan fingerprint density at radius 3 is 2.71 bits per heavy atom. The van der Waals surface area contributed by atoms with E-state index in [9.17, 15) is 8.78 Å². The molecule has 0 bridgehead atoms. The highest BCUT2D eigenvalue weighted by molar-refractivity contribution is 5.79. The van der Waals surface area contributed by atoms with Gasteiger partial charge in [-0.3, -0.25) is 4.68 Å². The summed E-state index contributed by atoms with van der Waals surface area (Å²) in [6.45, 7) is 0.893. The predicted octanol–water partition coefficient (Wildman–Crippen LogP) is 2.69. The number of hydrogen-bond donors (Lipinski definition) is 0. The number of hydrogen-bond acceptors (Lipinski definition) is 1. The number of aryl methyl sites for hydroxylation is 1. The van der Waals surface area contributed by atoms with Crippen LogP contribution in [0.15, 0.2) is 24.4 Å². The fourth-order valence-corrected chi connectivity index (χ4v) is 1.42. The molecule has 0 radical (unpaired) electrons. The first-order chi connectivity index (χ1) is 6.48. The predicted molar refractivity (Wildman–Crippen MR) is 50.3 cm³/mol. The summed E-state index contributed by atoms with van der Waals surface area (Å²) in [6.07, 6.45) is 1.66. The normalized spacial score (nSPS) is 12.3. The van der Waals surface area contributed by atoms with E-state index < -0.39 is 5.92 Å². The molecule has 0 aliphatic rings. The van der Waals surface area contributed by atoms with Gasteiger partial charge in [0.15, 0.2) is 0 Å². The van der Waals surface area contributed by atoms with E-state index in [4.69, 9.17) is 0 Å². The van der Waals surface area contributed by atoms with Crippen molar-refractivity contribution in [1.29, 1.82) is 0 Å². The molecule has 4 heteroatoms. The van der Waals surface area contributed by atoms with Gasteiger partial charge < -0.3 is 0 Å². The van der Waals surface area contributed by atoms with E-state index in [0.717, 1.165) is 17.8 Å². The molecule has 74 valence electrons. The second-order valence-corrected chi connectivity index (χ2v) is 3.43. The first-order valence-electron chi connectivity index (χ1n) is 4.28. The van der Waals surface area contributed by atoms with Crippen LogP contribution in [0, 0.1) is 0 Å². The standard InChI is InChI=1S/C10H10F2N2/c1-10(11,12)8-4-3-7-6-13-14(2)9(7)5-8/h3-6H,1-2H3. The Morgan fingerprint density at radius 1 is 1.36 bits per heavy atom. The lowest BCUT2D eigenvalue weighted by molar-refractivity contribution is 0.0176. The van der Waals surface area contributed by atoms with Crippen LogP contribution in [-0.2, 0) is 13.0 Å². The van der Waals surface area contributed by atoms with Crippen molar-refractivity contribution in [2.45, 2.75) is 12.8 Å². The monoisotopic (exact) mass is 196 g/mol. The van der Waals surface area contributed by atoms with Gasteiger partial charge in [-0.1, -0.05) is 12.1 Å². The van der Waals surface area contributed by atoms with Gasteiger partial charge in [-0.05, 0) is 6.07 Å². The zero-order valence-electron chi connectivity index (χ0n) is 7.96. The van der Waals surface area contributed by atoms with Crippen LogP contribution in [0.1, 0.15) is 12.5 Å². The molecule has 2 rings (SSSR count). The number of benzene rings is 1. The first kappa shape index (κ1) is 9.12. The van der Waals surface area contributed by atoms with Crippen molar-refractivity contribution in [1.82, 2.24) is 9.78 Å². The smallest absolute Gasteiger partial charge is 0.268 e. The Balaban J connectivity index is 2.66. The van der Waals surface area contributed by atoms with E-state index in [1.54, 1.807) is 24.0 Å². The molecule has 2 aromatic rings. The zero-order chi connectivity index (χ0) is 10.3. The van der Waals surface area contributed by atoms with Gasteiger partial charge in [0.2, 0.25) is 0 Å². The van der Waals surface area contributed by atoms with Crippen LogP contribution in [0.3, 0.4) is 0 Å². The van der Waals surface area contributed by atoms with E-state index in [1.807, 2.05) is 0 Å². The average Bonchev–Trinajstić information content (AvgIpc) is 2.46. The third-order valence-corrected chi connectivity index (χ3v) is 2.26. The lowest BCUT2D eigenvalue weighted by Gasteiger charge is -2.10. The third-order valence-electron chi connectivity index (χ3n) is 2.26. The summed E-state index contributed by atoms with van der Waals surface area (Å²) in [4.78, 5) is 0. The minimum absolute atomic E-state index is 0.0219. The van der Waals surface area contributed by atoms with Gasteiger partial charge in [-0.15, -0.1) is 0 Å². The largest absolute Gasteiger partial charge is 0.270 e. The number of nitrogens with zero attached hydrogens (tertiary/aromatic N) is 2. The minimum atomic E-state index is -2.79. The zero-order valence-corrected chi connectivity index (χ0v) is 7.96. The molecule has 0 aliphatic heterocycles. The minimum Gasteiger partial charge on any atom is -0.268 e. The second-order valence-electron chi connectivity index (χ2n) is 3.43. The molecule has 0 saturated heterocycles. The highest BCUT2D eigenvalue weighted by Gasteiger charge is 2.24. The molecular formula is C10H10F2N2. The van der Waals surface area contributed by atoms with Crippen molar-refractivity contribution in [2.24, 2.45) is 7.05 Å². The summed E-state index contributed by atoms with van der Waals surface area (Å²) in [5.41, 5.74) is 0.748. The molecule has 1 aromatic heterocycles. The molecular weight excluding hydrogens is 186 g/mol. The van der Waals surface area contributed by atoms with Crippen LogP contribution >= 0.6 is 0 Å². The molecule has 0 saturated carbocycles. The van der Waals surface area contributed by atoms with E-state index >= 15 is 0 Å². The van der Waals surface area contributed by atoms with Gasteiger partial charge in [0, 0.05) is 24.9 Å². The highest BCUT2D eigenvalue weighted by Crippen LogP contribution is 2.29. The molecule has 0 aliphatic carbocycles. The summed E-state index contributed by atoms with van der Waals surface area (Å²) in [7, 11) is 1.74. The molecule has 14 heavy (non-hydrogen) atoms. The molecule has 0 spiro atoms. The van der Waals surface area contributed by atoms with Gasteiger partial charge >= 0.3 is 0 Å². The van der Waals surface area contributed by atoms with Gasteiger partial charge in [0.05, 0.1) is 11.7 Å². The van der Waals surface area contributed by atoms with Crippen LogP contribution in [-0.4, -0.2) is 9.78 Å². The maximum Gasteiger partial charge on any atom is 0.270 e. The van der Waals surface area contributed by atoms with Crippen LogP contribution in [0.5, 0.6) is 0 Å². The average molecular weight is 196 g/mol. The lowest BCUT2D eigenvalue weighted by atomic mass is 10.1. The molecule has 1 heterocycles. The summed E-state index contributed by atoms with van der Waals surface area (Å²) < 4.78 is 27.6. The molecule has 0 unspecified atom stereocenters. The Morgan fingerprint density at radius 2 is 2.07 bits per heavy atom. The van der Waals surface area contributed by atoms with Crippen molar-refractivity contribution >= 4 is 10.9 Å². The molecule has 0 amide bonds. The van der Waals surface area contributed by atoms with Crippen molar-refractivity contribution in [3.8, 4) is 0 Å². The van der Waals surface area contributed by atoms with Gasteiger partial charge in [-0.2, -0.15) is 5.10 Å². The van der Waals surface area contributed by atoms with Crippen molar-refractivity contribution < 1.29 is 8.78 Å². The Labute approximate surface area is 80.1 Å². The number of alkyl halides is 2. The van der Waals surface area contributed by atoms with Crippen LogP contribution in [0.25, 0.3) is 10.9 Å². The lowest BCUT2D eigenvalue weighted by Crippen LogP contribution is -2.06. The number of fused-ring (bicyclic) bond motifs is 1. The van der Waals surface area contributed by atoms with Crippen molar-refractivity contribution in [3.63, 3.8) is 0 Å². The summed E-state index contributed by atoms with van der Waals surface area (Å²) in [5, 5.41) is 4.87. The van der Waals surface area contributed by atoms with E-state index in [2.05, 4.69) is 5.10 Å². The number of rotatable bonds is 1. The van der Waals surface area contributed by atoms with E-state index in [0.29, 0.717) is 0 Å². The molecule has 2 nitrogen and oxygen atoms in total. The van der Waals surface area contributed by atoms with Crippen LogP contribution in [0.2, 0.25) is 0 Å². The fraction of sp³-hybridized carbons (Fsp3) is 0.300. The first-order valence-corrected chi connectivity index (χ1v) is 4.28. The number of aromatic nitrogens is 2. The quantitative estimate of drug-likeness (QED) is 0.685. The van der Waals surface area contributed by atoms with Gasteiger partial charge in [-0.25, -0.2) is 8.78 Å². The van der Waals surface area contributed by atoms with E-state index in [1.165, 1.54) is 12.1 Å². The Hall–Kier alpha value is -1.45. The SMILES string of the molecule is Cn1ncc2ccc(C(C)(F)F)cc21. The summed E-state index contributed by atoms with van der Waals surface area (Å²) >= 11 is 0. The molecule has 0 fully saturated rings. The summed E-state index contributed by atoms with van der Waals surface area (Å²) in [6, 6.07) is 4.57. The third kappa shape index (κ3) is 1.36. The molecule has 0 atom stereocenters. The second kappa shape index (κ2) is 2.77. The van der Waals surface area contributed by atoms with Gasteiger partial charge in [0.25, 0.3) is 5.92 Å². The highest BCUT2D eigenvalue weighted by atomic mass is 19.3. The Bertz CT molecular complexity index is 468. The van der Waals surface area contributed by atoms with Gasteiger partial charge in [0.1, 0.15) is 0 Å². The maximum atomic E-state index is 13.0. The van der Waals surface area contributed by atoms with Crippen LogP contribution < -0.4 is 0 Å².